The fourth-order valence-electron chi connectivity index (χ4n) is 3.52. The molecule has 0 unspecified atom stereocenters. The molecule has 186 valence electrons. The molecule has 7 N–H and O–H groups in total. The number of hydrogen-bond donors (Lipinski definition) is 6. The zero-order valence-corrected chi connectivity index (χ0v) is 19.0. The van der Waals surface area contributed by atoms with Crippen LogP contribution in [0.4, 0.5) is 9.93 Å². The van der Waals surface area contributed by atoms with Gasteiger partial charge in [-0.2, -0.15) is 8.42 Å². The summed E-state index contributed by atoms with van der Waals surface area (Å²) >= 11 is 0.983. The first-order valence-corrected chi connectivity index (χ1v) is 12.2. The van der Waals surface area contributed by atoms with E-state index in [9.17, 15) is 37.6 Å². The van der Waals surface area contributed by atoms with E-state index in [1.54, 1.807) is 0 Å². The lowest BCUT2D eigenvalue weighted by Crippen LogP contribution is -2.74. The lowest BCUT2D eigenvalue weighted by Gasteiger charge is -2.45. The zero-order chi connectivity index (χ0) is 24.8. The second-order valence-electron chi connectivity index (χ2n) is 7.85. The van der Waals surface area contributed by atoms with E-state index in [2.05, 4.69) is 20.8 Å². The number of nitrogens with two attached hydrogens (primary N) is 1. The highest BCUT2D eigenvalue weighted by atomic mass is 32.2. The summed E-state index contributed by atoms with van der Waals surface area (Å²) in [5.41, 5.74) is 3.75. The van der Waals surface area contributed by atoms with Crippen LogP contribution in [-0.4, -0.2) is 105 Å². The van der Waals surface area contributed by atoms with Crippen molar-refractivity contribution in [2.24, 2.45) is 5.16 Å². The van der Waals surface area contributed by atoms with E-state index in [1.807, 2.05) is 0 Å². The minimum atomic E-state index is -4.96. The molecule has 16 nitrogen and oxygen atoms in total. The molecule has 2 aliphatic heterocycles. The maximum Gasteiger partial charge on any atom is 0.362 e. The van der Waals surface area contributed by atoms with Gasteiger partial charge in [-0.25, -0.2) is 14.1 Å². The Morgan fingerprint density at radius 1 is 1.44 bits per heavy atom. The standard InChI is InChI=1S/C16H21N7O9S2/c17-14-19-7(6-33-14)9(21-32-16(1-2-16)13(26)27)11(24)20-10-8(5-22-4-3-18-15(22)28)23(12(10)25)34(29,30)31/h6,8,10,13,26-27H,1-5H2,(H2,17,19)(H,18,28)(H,20,24)(H,29,30,31)/b21-9-/t8-,10+/m1/s1. The van der Waals surface area contributed by atoms with Crippen LogP contribution < -0.4 is 16.4 Å². The number of anilines is 1. The average Bonchev–Trinajstić information content (AvgIpc) is 3.26. The van der Waals surface area contributed by atoms with Crippen molar-refractivity contribution in [1.82, 2.24) is 24.8 Å². The molecule has 0 spiro atoms. The van der Waals surface area contributed by atoms with Crippen LogP contribution in [0.3, 0.4) is 0 Å². The van der Waals surface area contributed by atoms with Crippen LogP contribution in [0.25, 0.3) is 0 Å². The van der Waals surface area contributed by atoms with E-state index < -0.39 is 57.8 Å². The molecule has 1 saturated carbocycles. The number of aliphatic hydroxyl groups excluding tert-OH is 1. The van der Waals surface area contributed by atoms with Crippen LogP contribution in [0.1, 0.15) is 18.5 Å². The van der Waals surface area contributed by atoms with Gasteiger partial charge >= 0.3 is 16.3 Å². The molecular weight excluding hydrogens is 498 g/mol. The van der Waals surface area contributed by atoms with E-state index in [0.717, 1.165) is 11.3 Å². The Morgan fingerprint density at radius 2 is 2.15 bits per heavy atom. The Balaban J connectivity index is 1.56. The summed E-state index contributed by atoms with van der Waals surface area (Å²) in [6.45, 7) is 0.253. The maximum absolute atomic E-state index is 13.0. The Morgan fingerprint density at radius 3 is 2.65 bits per heavy atom. The Bertz CT molecular complexity index is 1150. The van der Waals surface area contributed by atoms with Gasteiger partial charge in [-0.3, -0.25) is 14.1 Å². The summed E-state index contributed by atoms with van der Waals surface area (Å²) in [6.07, 6.45) is -1.31. The molecule has 3 aliphatic rings. The number of nitrogens with one attached hydrogen (secondary N) is 2. The van der Waals surface area contributed by atoms with Gasteiger partial charge in [-0.1, -0.05) is 5.16 Å². The summed E-state index contributed by atoms with van der Waals surface area (Å²) in [7, 11) is -4.96. The highest BCUT2D eigenvalue weighted by Gasteiger charge is 2.56. The fraction of sp³-hybridized carbons (Fsp3) is 0.562. The molecule has 1 aromatic rings. The van der Waals surface area contributed by atoms with Crippen LogP contribution in [0.15, 0.2) is 10.5 Å². The number of oxime groups is 1. The first kappa shape index (κ1) is 24.1. The van der Waals surface area contributed by atoms with Crippen molar-refractivity contribution in [2.75, 3.05) is 25.4 Å². The highest BCUT2D eigenvalue weighted by Crippen LogP contribution is 2.42. The SMILES string of the molecule is Nc1nc(/C(=N/OC2(C(O)O)CC2)C(=O)N[C@@H]2C(=O)N(S(=O)(=O)O)[C@@H]2CN2CCNC2=O)cs1. The van der Waals surface area contributed by atoms with Gasteiger partial charge in [0.2, 0.25) is 0 Å². The van der Waals surface area contributed by atoms with Crippen molar-refractivity contribution < 1.29 is 42.4 Å². The van der Waals surface area contributed by atoms with Gasteiger partial charge in [0.15, 0.2) is 22.7 Å². The predicted molar refractivity (Wildman–Crippen MR) is 113 cm³/mol. The molecule has 2 saturated heterocycles. The van der Waals surface area contributed by atoms with E-state index in [1.165, 1.54) is 10.3 Å². The number of nitrogen functional groups attached to an aromatic ring is 1. The Hall–Kier alpha value is -3.06. The van der Waals surface area contributed by atoms with Crippen LogP contribution in [0, 0.1) is 0 Å². The molecule has 1 aliphatic carbocycles. The third kappa shape index (κ3) is 4.49. The second-order valence-corrected chi connectivity index (χ2v) is 10.0. The molecule has 0 bridgehead atoms. The van der Waals surface area contributed by atoms with Gasteiger partial charge in [0.25, 0.3) is 11.8 Å². The van der Waals surface area contributed by atoms with Crippen LogP contribution in [0.2, 0.25) is 0 Å². The van der Waals surface area contributed by atoms with Crippen LogP contribution in [-0.2, 0) is 24.7 Å². The molecule has 2 atom stereocenters. The van der Waals surface area contributed by atoms with E-state index in [0.29, 0.717) is 6.54 Å². The lowest BCUT2D eigenvalue weighted by atomic mass is 9.97. The second kappa shape index (κ2) is 8.62. The lowest BCUT2D eigenvalue weighted by molar-refractivity contribution is -0.161. The Kier molecular flexibility index (Phi) is 6.10. The largest absolute Gasteiger partial charge is 0.383 e. The van der Waals surface area contributed by atoms with Crippen molar-refractivity contribution in [2.45, 2.75) is 36.8 Å². The number of carbonyl (C=O) groups excluding carboxylic acids is 3. The van der Waals surface area contributed by atoms with Crippen molar-refractivity contribution in [3.8, 4) is 0 Å². The molecule has 4 rings (SSSR count). The summed E-state index contributed by atoms with van der Waals surface area (Å²) in [4.78, 5) is 47.7. The van der Waals surface area contributed by atoms with Gasteiger partial charge in [0.05, 0.1) is 6.04 Å². The molecule has 3 heterocycles. The molecular formula is C16H21N7O9S2. The third-order valence-corrected chi connectivity index (χ3v) is 7.19. The zero-order valence-electron chi connectivity index (χ0n) is 17.3. The molecule has 0 radical (unpaired) electrons. The van der Waals surface area contributed by atoms with Gasteiger partial charge in [-0.05, 0) is 12.8 Å². The number of hydrogen-bond acceptors (Lipinski definition) is 12. The van der Waals surface area contributed by atoms with Gasteiger partial charge in [0, 0.05) is 25.0 Å². The molecule has 0 aromatic carbocycles. The number of β-lactam (4-membered cyclic amide) rings is 1. The topological polar surface area (TPSA) is 237 Å². The van der Waals surface area contributed by atoms with Crippen molar-refractivity contribution >= 4 is 50.3 Å². The summed E-state index contributed by atoms with van der Waals surface area (Å²) in [5, 5.41) is 28.9. The van der Waals surface area contributed by atoms with Crippen molar-refractivity contribution in [3.05, 3.63) is 11.1 Å². The number of amides is 4. The predicted octanol–water partition coefficient (Wildman–Crippen LogP) is -3.19. The van der Waals surface area contributed by atoms with Gasteiger partial charge in [0.1, 0.15) is 11.7 Å². The first-order chi connectivity index (χ1) is 15.9. The third-order valence-electron chi connectivity index (χ3n) is 5.57. The number of carbonyl (C=O) groups is 3. The van der Waals surface area contributed by atoms with E-state index >= 15 is 0 Å². The molecule has 3 fully saturated rings. The minimum absolute atomic E-state index is 0.0305. The molecule has 18 heteroatoms. The quantitative estimate of drug-likeness (QED) is 0.0625. The summed E-state index contributed by atoms with van der Waals surface area (Å²) in [5.74, 6) is -2.12. The van der Waals surface area contributed by atoms with Crippen molar-refractivity contribution in [1.29, 1.82) is 0 Å². The molecule has 4 amide bonds. The van der Waals surface area contributed by atoms with Gasteiger partial charge < -0.3 is 36.3 Å². The minimum Gasteiger partial charge on any atom is -0.383 e. The fourth-order valence-corrected chi connectivity index (χ4v) is 4.94. The monoisotopic (exact) mass is 519 g/mol. The number of urea groups is 1. The highest BCUT2D eigenvalue weighted by molar-refractivity contribution is 7.84. The number of aliphatic hydroxyl groups is 2. The number of nitrogens with zero attached hydrogens (tertiary/aromatic N) is 4. The molecule has 34 heavy (non-hydrogen) atoms. The Labute approximate surface area is 196 Å². The van der Waals surface area contributed by atoms with E-state index in [4.69, 9.17) is 10.6 Å². The van der Waals surface area contributed by atoms with Crippen LogP contribution in [0.5, 0.6) is 0 Å². The van der Waals surface area contributed by atoms with Gasteiger partial charge in [-0.15, -0.1) is 11.3 Å². The number of aromatic nitrogens is 1. The summed E-state index contributed by atoms with van der Waals surface area (Å²) in [6, 6.07) is -3.21. The smallest absolute Gasteiger partial charge is 0.362 e. The normalized spacial score (nSPS) is 24.2. The van der Waals surface area contributed by atoms with Crippen molar-refractivity contribution in [3.63, 3.8) is 0 Å². The van der Waals surface area contributed by atoms with E-state index in [-0.39, 0.29) is 41.1 Å². The number of thiazole rings is 1. The molecule has 1 aromatic heterocycles. The first-order valence-electron chi connectivity index (χ1n) is 9.91. The summed E-state index contributed by atoms with van der Waals surface area (Å²) < 4.78 is 33.0. The average molecular weight is 520 g/mol. The maximum atomic E-state index is 13.0. The number of rotatable bonds is 9. The van der Waals surface area contributed by atoms with Crippen LogP contribution >= 0.6 is 11.3 Å².